The fraction of sp³-hybridized carbons (Fsp3) is 0.538. The van der Waals surface area contributed by atoms with Crippen molar-refractivity contribution in [1.29, 1.82) is 0 Å². The summed E-state index contributed by atoms with van der Waals surface area (Å²) in [6.45, 7) is 0.965. The number of rotatable bonds is 5. The minimum absolute atomic E-state index is 0.103. The molecule has 1 saturated heterocycles. The predicted octanol–water partition coefficient (Wildman–Crippen LogP) is -0.750. The van der Waals surface area contributed by atoms with Gasteiger partial charge < -0.3 is 10.0 Å². The lowest BCUT2D eigenvalue weighted by Crippen LogP contribution is -2.37. The van der Waals surface area contributed by atoms with E-state index in [2.05, 4.69) is 4.98 Å². The maximum atomic E-state index is 12.1. The van der Waals surface area contributed by atoms with Crippen LogP contribution in [0.1, 0.15) is 19.3 Å². The Bertz CT molecular complexity index is 648. The average molecular weight is 295 g/mol. The minimum Gasteiger partial charge on any atom is -0.481 e. The zero-order valence-electron chi connectivity index (χ0n) is 11.4. The number of hydrogen-bond donors (Lipinski definition) is 2. The van der Waals surface area contributed by atoms with Crippen LogP contribution in [0.15, 0.2) is 21.9 Å². The van der Waals surface area contributed by atoms with E-state index in [-0.39, 0.29) is 24.8 Å². The zero-order valence-corrected chi connectivity index (χ0v) is 11.4. The van der Waals surface area contributed by atoms with Crippen molar-refractivity contribution in [1.82, 2.24) is 14.5 Å². The molecule has 2 N–H and O–H groups in total. The fourth-order valence-corrected chi connectivity index (χ4v) is 2.44. The van der Waals surface area contributed by atoms with Crippen LogP contribution in [0.25, 0.3) is 0 Å². The van der Waals surface area contributed by atoms with Gasteiger partial charge in [0.15, 0.2) is 0 Å². The molecule has 1 aliphatic heterocycles. The first-order chi connectivity index (χ1) is 9.95. The third kappa shape index (κ3) is 4.04. The number of likely N-dealkylation sites (tertiary alicyclic amines) is 1. The van der Waals surface area contributed by atoms with Crippen molar-refractivity contribution < 1.29 is 14.7 Å². The van der Waals surface area contributed by atoms with Crippen molar-refractivity contribution >= 4 is 11.9 Å². The van der Waals surface area contributed by atoms with E-state index in [1.54, 1.807) is 4.90 Å². The number of nitrogens with one attached hydrogen (secondary N) is 1. The summed E-state index contributed by atoms with van der Waals surface area (Å²) in [5.74, 6) is -0.848. The van der Waals surface area contributed by atoms with Gasteiger partial charge in [-0.3, -0.25) is 23.9 Å². The molecule has 1 aromatic rings. The Hall–Kier alpha value is -2.38. The molecular weight excluding hydrogens is 278 g/mol. The summed E-state index contributed by atoms with van der Waals surface area (Å²) in [5.41, 5.74) is -1.11. The fourth-order valence-electron chi connectivity index (χ4n) is 2.44. The molecule has 0 aliphatic carbocycles. The summed E-state index contributed by atoms with van der Waals surface area (Å²) in [5, 5.41) is 8.65. The van der Waals surface area contributed by atoms with E-state index >= 15 is 0 Å². The monoisotopic (exact) mass is 295 g/mol. The Morgan fingerprint density at radius 3 is 2.81 bits per heavy atom. The number of carbonyl (C=O) groups excluding carboxylic acids is 1. The topological polar surface area (TPSA) is 112 Å². The van der Waals surface area contributed by atoms with Crippen LogP contribution in [0, 0.1) is 5.92 Å². The Labute approximate surface area is 120 Å². The molecule has 1 amide bonds. The van der Waals surface area contributed by atoms with Gasteiger partial charge in [0.2, 0.25) is 5.91 Å². The van der Waals surface area contributed by atoms with Gasteiger partial charge in [0.1, 0.15) is 6.54 Å². The van der Waals surface area contributed by atoms with Crippen molar-refractivity contribution in [2.45, 2.75) is 25.8 Å². The molecule has 0 spiro atoms. The van der Waals surface area contributed by atoms with Gasteiger partial charge in [-0.15, -0.1) is 0 Å². The third-order valence-electron chi connectivity index (χ3n) is 3.61. The summed E-state index contributed by atoms with van der Waals surface area (Å²) in [6.07, 6.45) is 2.72. The van der Waals surface area contributed by atoms with E-state index in [1.165, 1.54) is 12.3 Å². The first kappa shape index (κ1) is 15.0. The van der Waals surface area contributed by atoms with Crippen molar-refractivity contribution in [3.05, 3.63) is 33.1 Å². The summed E-state index contributed by atoms with van der Waals surface area (Å²) >= 11 is 0. The van der Waals surface area contributed by atoms with Crippen molar-refractivity contribution in [3.8, 4) is 0 Å². The second-order valence-corrected chi connectivity index (χ2v) is 5.16. The largest absolute Gasteiger partial charge is 0.481 e. The van der Waals surface area contributed by atoms with Gasteiger partial charge >= 0.3 is 11.7 Å². The van der Waals surface area contributed by atoms with Crippen LogP contribution in [0.5, 0.6) is 0 Å². The molecule has 8 nitrogen and oxygen atoms in total. The van der Waals surface area contributed by atoms with Crippen LogP contribution in [-0.4, -0.2) is 44.5 Å². The highest BCUT2D eigenvalue weighted by Gasteiger charge is 2.26. The molecule has 21 heavy (non-hydrogen) atoms. The summed E-state index contributed by atoms with van der Waals surface area (Å²) in [6, 6.07) is 1.19. The smallest absolute Gasteiger partial charge is 0.328 e. The molecular formula is C13H17N3O5. The molecule has 0 bridgehead atoms. The minimum atomic E-state index is -0.834. The maximum absolute atomic E-state index is 12.1. The van der Waals surface area contributed by atoms with Crippen molar-refractivity contribution in [3.63, 3.8) is 0 Å². The summed E-state index contributed by atoms with van der Waals surface area (Å²) in [7, 11) is 0. The summed E-state index contributed by atoms with van der Waals surface area (Å²) < 4.78 is 1.15. The summed E-state index contributed by atoms with van der Waals surface area (Å²) in [4.78, 5) is 48.8. The molecule has 1 fully saturated rings. The Kier molecular flexibility index (Phi) is 4.56. The molecule has 8 heteroatoms. The zero-order chi connectivity index (χ0) is 15.4. The molecule has 0 saturated carbocycles. The van der Waals surface area contributed by atoms with Gasteiger partial charge in [0.25, 0.3) is 5.56 Å². The molecule has 114 valence electrons. The van der Waals surface area contributed by atoms with Crippen LogP contribution in [0.3, 0.4) is 0 Å². The molecule has 1 unspecified atom stereocenters. The molecule has 2 rings (SSSR count). The Balaban J connectivity index is 1.91. The number of aromatic amines is 1. The second kappa shape index (κ2) is 6.38. The van der Waals surface area contributed by atoms with E-state index in [4.69, 9.17) is 5.11 Å². The van der Waals surface area contributed by atoms with Gasteiger partial charge in [0, 0.05) is 31.8 Å². The highest BCUT2D eigenvalue weighted by atomic mass is 16.4. The van der Waals surface area contributed by atoms with Crippen LogP contribution in [0.2, 0.25) is 0 Å². The van der Waals surface area contributed by atoms with Crippen molar-refractivity contribution in [2.24, 2.45) is 5.92 Å². The van der Waals surface area contributed by atoms with E-state index < -0.39 is 17.2 Å². The second-order valence-electron chi connectivity index (χ2n) is 5.16. The normalized spacial score (nSPS) is 17.9. The van der Waals surface area contributed by atoms with E-state index in [9.17, 15) is 19.2 Å². The number of carboxylic acids is 1. The van der Waals surface area contributed by atoms with Crippen LogP contribution < -0.4 is 11.2 Å². The third-order valence-corrected chi connectivity index (χ3v) is 3.61. The predicted molar refractivity (Wildman–Crippen MR) is 72.9 cm³/mol. The quantitative estimate of drug-likeness (QED) is 0.742. The Morgan fingerprint density at radius 2 is 2.14 bits per heavy atom. The lowest BCUT2D eigenvalue weighted by atomic mass is 10.0. The number of carbonyl (C=O) groups is 2. The number of aliphatic carboxylic acids is 1. The van der Waals surface area contributed by atoms with Crippen molar-refractivity contribution in [2.75, 3.05) is 13.1 Å². The van der Waals surface area contributed by atoms with Gasteiger partial charge in [-0.2, -0.15) is 0 Å². The highest BCUT2D eigenvalue weighted by molar-refractivity contribution is 5.76. The number of hydrogen-bond acceptors (Lipinski definition) is 4. The molecule has 2 heterocycles. The van der Waals surface area contributed by atoms with Gasteiger partial charge in [-0.05, 0) is 18.8 Å². The molecule has 0 aromatic carbocycles. The lowest BCUT2D eigenvalue weighted by Gasteiger charge is -2.17. The lowest BCUT2D eigenvalue weighted by molar-refractivity contribution is -0.137. The molecule has 1 atom stereocenters. The molecule has 1 aliphatic rings. The maximum Gasteiger partial charge on any atom is 0.328 e. The average Bonchev–Trinajstić information content (AvgIpc) is 2.88. The van der Waals surface area contributed by atoms with Gasteiger partial charge in [-0.1, -0.05) is 0 Å². The number of nitrogens with zero attached hydrogens (tertiary/aromatic N) is 2. The number of amides is 1. The van der Waals surface area contributed by atoms with Crippen LogP contribution in [0.4, 0.5) is 0 Å². The number of H-pyrrole nitrogens is 1. The first-order valence-corrected chi connectivity index (χ1v) is 6.75. The van der Waals surface area contributed by atoms with Crippen LogP contribution >= 0.6 is 0 Å². The standard InChI is InChI=1S/C13H17N3O5/c17-10-4-6-16(13(21)14-10)8-11(18)15-5-3-9(7-15)1-2-12(19)20/h4,6,9H,1-3,5,7-8H2,(H,19,20)(H,14,17,21). The SMILES string of the molecule is O=C(O)CCC1CCN(C(=O)Cn2ccc(=O)[nH]c2=O)C1. The number of aromatic nitrogens is 2. The van der Waals surface area contributed by atoms with Crippen LogP contribution in [-0.2, 0) is 16.1 Å². The molecule has 0 radical (unpaired) electrons. The van der Waals surface area contributed by atoms with Gasteiger partial charge in [0.05, 0.1) is 0 Å². The van der Waals surface area contributed by atoms with Gasteiger partial charge in [-0.25, -0.2) is 4.79 Å². The van der Waals surface area contributed by atoms with E-state index in [0.717, 1.165) is 11.0 Å². The Morgan fingerprint density at radius 1 is 1.38 bits per heavy atom. The van der Waals surface area contributed by atoms with E-state index in [0.29, 0.717) is 19.5 Å². The highest BCUT2D eigenvalue weighted by Crippen LogP contribution is 2.21. The number of carboxylic acid groups (broad SMARTS) is 1. The first-order valence-electron chi connectivity index (χ1n) is 6.75. The van der Waals surface area contributed by atoms with E-state index in [1.807, 2.05) is 0 Å². The molecule has 1 aromatic heterocycles.